The van der Waals surface area contributed by atoms with Crippen molar-refractivity contribution in [2.45, 2.75) is 6.92 Å². The van der Waals surface area contributed by atoms with Crippen molar-refractivity contribution < 1.29 is 51.0 Å². The molecule has 0 amide bonds. The van der Waals surface area contributed by atoms with Crippen molar-refractivity contribution in [3.05, 3.63) is 63.0 Å². The summed E-state index contributed by atoms with van der Waals surface area (Å²) in [5.41, 5.74) is -2.63. The number of hydrogen-bond acceptors (Lipinski definition) is 8. The smallest absolute Gasteiger partial charge is 0.352 e. The first kappa shape index (κ1) is 22.4. The monoisotopic (exact) mass is 463 g/mol. The summed E-state index contributed by atoms with van der Waals surface area (Å²) < 4.78 is 93.0. The first-order valence-corrected chi connectivity index (χ1v) is 8.03. The molecule has 0 fully saturated rings. The van der Waals surface area contributed by atoms with Crippen LogP contribution >= 0.6 is 0 Å². The Kier molecular flexibility index (Phi) is 5.66. The molecule has 0 saturated heterocycles. The molecular weight excluding hydrogens is 456 g/mol. The van der Waals surface area contributed by atoms with E-state index in [1.165, 1.54) is 0 Å². The van der Waals surface area contributed by atoms with Crippen molar-refractivity contribution in [3.8, 4) is 34.8 Å². The third-order valence-corrected chi connectivity index (χ3v) is 3.93. The number of rotatable bonds is 5. The van der Waals surface area contributed by atoms with E-state index in [0.29, 0.717) is 12.4 Å². The Bertz CT molecular complexity index is 1210. The van der Waals surface area contributed by atoms with Crippen LogP contribution in [0.4, 0.5) is 32.0 Å². The van der Waals surface area contributed by atoms with E-state index in [4.69, 9.17) is 4.74 Å². The van der Waals surface area contributed by atoms with E-state index in [-0.39, 0.29) is 0 Å². The molecule has 0 saturated carbocycles. The van der Waals surface area contributed by atoms with Gasteiger partial charge in [0.1, 0.15) is 6.33 Å². The minimum absolute atomic E-state index is 0.558. The predicted molar refractivity (Wildman–Crippen MR) is 89.5 cm³/mol. The first-order valence-electron chi connectivity index (χ1n) is 8.03. The minimum Gasteiger partial charge on any atom is -0.504 e. The third-order valence-electron chi connectivity index (χ3n) is 3.93. The minimum atomic E-state index is -2.25. The van der Waals surface area contributed by atoms with Gasteiger partial charge in [-0.25, -0.2) is 14.4 Å². The molecule has 3 rings (SSSR count). The van der Waals surface area contributed by atoms with E-state index in [9.17, 15) is 46.7 Å². The molecule has 0 radical (unpaired) electrons. The Morgan fingerprint density at radius 3 is 1.78 bits per heavy atom. The van der Waals surface area contributed by atoms with Crippen LogP contribution in [0, 0.1) is 51.9 Å². The van der Waals surface area contributed by atoms with E-state index in [0.717, 1.165) is 6.92 Å². The van der Waals surface area contributed by atoms with Gasteiger partial charge in [-0.3, -0.25) is 10.1 Å². The molecule has 32 heavy (non-hydrogen) atoms. The quantitative estimate of drug-likeness (QED) is 0.245. The molecule has 9 nitrogen and oxygen atoms in total. The highest BCUT2D eigenvalue weighted by Crippen LogP contribution is 2.42. The molecule has 1 heterocycles. The number of aromatic nitrogens is 2. The summed E-state index contributed by atoms with van der Waals surface area (Å²) >= 11 is 0. The maximum absolute atomic E-state index is 14.1. The Morgan fingerprint density at radius 2 is 1.28 bits per heavy atom. The van der Waals surface area contributed by atoms with Gasteiger partial charge in [0.05, 0.1) is 11.0 Å². The van der Waals surface area contributed by atoms with Crippen LogP contribution in [-0.4, -0.2) is 25.1 Å². The van der Waals surface area contributed by atoms with Gasteiger partial charge in [-0.15, -0.1) is 0 Å². The van der Waals surface area contributed by atoms with Crippen molar-refractivity contribution in [2.75, 3.05) is 0 Å². The average Bonchev–Trinajstić information content (AvgIpc) is 2.75. The lowest BCUT2D eigenvalue weighted by Gasteiger charge is -2.12. The maximum atomic E-state index is 14.1. The van der Waals surface area contributed by atoms with Crippen LogP contribution in [0.1, 0.15) is 5.56 Å². The first-order chi connectivity index (χ1) is 15.0. The zero-order valence-electron chi connectivity index (χ0n) is 15.3. The van der Waals surface area contributed by atoms with Crippen LogP contribution in [0.25, 0.3) is 0 Å². The Hall–Kier alpha value is -4.30. The van der Waals surface area contributed by atoms with Crippen molar-refractivity contribution in [1.29, 1.82) is 0 Å². The molecule has 168 valence electrons. The largest absolute Gasteiger partial charge is 0.504 e. The van der Waals surface area contributed by atoms with E-state index < -0.39 is 85.8 Å². The molecule has 0 aliphatic heterocycles. The number of ether oxygens (including phenoxy) is 2. The van der Waals surface area contributed by atoms with Gasteiger partial charge < -0.3 is 19.7 Å². The zero-order chi connectivity index (χ0) is 23.9. The van der Waals surface area contributed by atoms with E-state index in [1.54, 1.807) is 0 Å². The average molecular weight is 463 g/mol. The van der Waals surface area contributed by atoms with Crippen molar-refractivity contribution in [2.24, 2.45) is 0 Å². The zero-order valence-corrected chi connectivity index (χ0v) is 15.3. The summed E-state index contributed by atoms with van der Waals surface area (Å²) in [4.78, 5) is 15.9. The van der Waals surface area contributed by atoms with Crippen LogP contribution in [0.2, 0.25) is 0 Å². The number of phenolic OH excluding ortho intramolecular Hbond substituents is 2. The number of nitrogens with zero attached hydrogens (tertiary/aromatic N) is 3. The Balaban J connectivity index is 2.00. The lowest BCUT2D eigenvalue weighted by Crippen LogP contribution is -2.04. The summed E-state index contributed by atoms with van der Waals surface area (Å²) in [5, 5.41) is 29.5. The number of nitro benzene ring substituents is 1. The van der Waals surface area contributed by atoms with Crippen LogP contribution in [0.15, 0.2) is 12.4 Å². The second-order valence-corrected chi connectivity index (χ2v) is 5.87. The number of benzene rings is 2. The van der Waals surface area contributed by atoms with Gasteiger partial charge in [0.15, 0.2) is 11.6 Å². The van der Waals surface area contributed by atoms with Crippen LogP contribution < -0.4 is 9.47 Å². The molecule has 0 bridgehead atoms. The Morgan fingerprint density at radius 1 is 0.812 bits per heavy atom. The van der Waals surface area contributed by atoms with Gasteiger partial charge in [0.25, 0.3) is 0 Å². The fourth-order valence-corrected chi connectivity index (χ4v) is 2.34. The van der Waals surface area contributed by atoms with Crippen molar-refractivity contribution in [3.63, 3.8) is 0 Å². The second-order valence-electron chi connectivity index (χ2n) is 5.87. The third kappa shape index (κ3) is 3.63. The van der Waals surface area contributed by atoms with Gasteiger partial charge in [0, 0.05) is 5.56 Å². The fourth-order valence-electron chi connectivity index (χ4n) is 2.34. The number of hydrogen-bond donors (Lipinski definition) is 2. The molecule has 0 atom stereocenters. The van der Waals surface area contributed by atoms with E-state index in [2.05, 4.69) is 14.7 Å². The van der Waals surface area contributed by atoms with E-state index >= 15 is 0 Å². The standard InChI is InChI=1S/C17H7F6N3O6/c1-4-7(18)9(20)16(11(22)14(4)27)31-5-2-6(25-3-24-5)32-17-10(21)8(19)13(26(29)30)15(28)12(17)23/h2-3,27-28H,1H3. The summed E-state index contributed by atoms with van der Waals surface area (Å²) in [5.74, 6) is -19.5. The number of nitro groups is 1. The fraction of sp³-hybridized carbons (Fsp3) is 0.0588. The summed E-state index contributed by atoms with van der Waals surface area (Å²) in [6.45, 7) is 0.888. The van der Waals surface area contributed by atoms with Gasteiger partial charge in [0.2, 0.25) is 58.1 Å². The molecule has 15 heteroatoms. The maximum Gasteiger partial charge on any atom is 0.352 e. The summed E-state index contributed by atoms with van der Waals surface area (Å²) in [6.07, 6.45) is 0.586. The highest BCUT2D eigenvalue weighted by molar-refractivity contribution is 5.54. The molecule has 3 aromatic rings. The summed E-state index contributed by atoms with van der Waals surface area (Å²) in [6, 6.07) is 0.558. The SMILES string of the molecule is Cc1c(O)c(F)c(Oc2cc(Oc3c(F)c(O)c([N+](=O)[O-])c(F)c3F)ncn2)c(F)c1F. The number of aromatic hydroxyl groups is 2. The predicted octanol–water partition coefficient (Wildman–Crippen LogP) is 4.52. The van der Waals surface area contributed by atoms with Gasteiger partial charge in [-0.05, 0) is 6.92 Å². The van der Waals surface area contributed by atoms with E-state index in [1.807, 2.05) is 0 Å². The van der Waals surface area contributed by atoms with Gasteiger partial charge in [-0.1, -0.05) is 0 Å². The van der Waals surface area contributed by atoms with Crippen LogP contribution in [0.5, 0.6) is 34.8 Å². The lowest BCUT2D eigenvalue weighted by molar-refractivity contribution is -0.389. The van der Waals surface area contributed by atoms with Crippen molar-refractivity contribution in [1.82, 2.24) is 9.97 Å². The molecule has 0 spiro atoms. The molecule has 2 aromatic carbocycles. The molecule has 0 unspecified atom stereocenters. The lowest BCUT2D eigenvalue weighted by atomic mass is 10.2. The van der Waals surface area contributed by atoms with Crippen LogP contribution in [-0.2, 0) is 0 Å². The molecule has 0 aliphatic carbocycles. The molecular formula is C17H7F6N3O6. The highest BCUT2D eigenvalue weighted by Gasteiger charge is 2.34. The molecule has 0 aliphatic rings. The number of phenols is 2. The van der Waals surface area contributed by atoms with Crippen LogP contribution in [0.3, 0.4) is 0 Å². The normalized spacial score (nSPS) is 10.8. The molecule has 2 N–H and O–H groups in total. The van der Waals surface area contributed by atoms with Gasteiger partial charge >= 0.3 is 5.69 Å². The topological polar surface area (TPSA) is 128 Å². The number of halogens is 6. The molecule has 1 aromatic heterocycles. The summed E-state index contributed by atoms with van der Waals surface area (Å²) in [7, 11) is 0. The van der Waals surface area contributed by atoms with Gasteiger partial charge in [-0.2, -0.15) is 22.0 Å². The second kappa shape index (κ2) is 8.09. The highest BCUT2D eigenvalue weighted by atomic mass is 19.2. The van der Waals surface area contributed by atoms with Crippen molar-refractivity contribution >= 4 is 5.69 Å². The Labute approximate surface area is 172 Å².